The van der Waals surface area contributed by atoms with Gasteiger partial charge in [0.25, 0.3) is 0 Å². The summed E-state index contributed by atoms with van der Waals surface area (Å²) in [5.41, 5.74) is 2.50. The van der Waals surface area contributed by atoms with Crippen molar-refractivity contribution in [2.24, 2.45) is 5.92 Å². The SMILES string of the molecule is O=C(CCC(F)(F)F)NC1CC2(n3cnc4cnc5[nH]ccc5c43)CC1C2. The number of hydrogen-bond acceptors (Lipinski definition) is 3. The minimum atomic E-state index is -4.30. The Kier molecular flexibility index (Phi) is 3.36. The van der Waals surface area contributed by atoms with Crippen molar-refractivity contribution in [1.82, 2.24) is 24.8 Å². The van der Waals surface area contributed by atoms with Crippen LogP contribution in [0.1, 0.15) is 32.1 Å². The number of nitrogens with one attached hydrogen (secondary N) is 2. The first-order valence-corrected chi connectivity index (χ1v) is 9.00. The highest BCUT2D eigenvalue weighted by atomic mass is 19.4. The molecule has 3 aliphatic rings. The van der Waals surface area contributed by atoms with Crippen molar-refractivity contribution in [1.29, 1.82) is 0 Å². The van der Waals surface area contributed by atoms with Crippen LogP contribution in [0, 0.1) is 5.92 Å². The summed E-state index contributed by atoms with van der Waals surface area (Å²) in [5.74, 6) is -0.214. The standard InChI is InChI=1S/C18H18F3N5O/c19-18(20,21)3-1-14(27)25-12-7-17(5-10(12)6-17)26-9-24-13-8-23-16-11(15(13)26)2-4-22-16/h2,4,8-10,12H,1,3,5-7H2,(H,22,23)(H,25,27). The van der Waals surface area contributed by atoms with Gasteiger partial charge >= 0.3 is 6.18 Å². The number of H-pyrrole nitrogens is 1. The summed E-state index contributed by atoms with van der Waals surface area (Å²) in [4.78, 5) is 23.9. The predicted octanol–water partition coefficient (Wildman–Crippen LogP) is 3.25. The summed E-state index contributed by atoms with van der Waals surface area (Å²) in [6, 6.07) is 1.90. The van der Waals surface area contributed by atoms with Gasteiger partial charge in [-0.3, -0.25) is 4.79 Å². The van der Waals surface area contributed by atoms with Crippen LogP contribution in [0.15, 0.2) is 24.8 Å². The van der Waals surface area contributed by atoms with Crippen LogP contribution in [0.2, 0.25) is 0 Å². The Bertz CT molecular complexity index is 1030. The fourth-order valence-electron chi connectivity index (χ4n) is 4.81. The molecule has 0 aromatic carbocycles. The fraction of sp³-hybridized carbons (Fsp3) is 0.500. The highest BCUT2D eigenvalue weighted by molar-refractivity contribution is 6.01. The molecule has 2 bridgehead atoms. The zero-order valence-electron chi connectivity index (χ0n) is 14.4. The molecule has 3 fully saturated rings. The summed E-state index contributed by atoms with van der Waals surface area (Å²) < 4.78 is 39.1. The third kappa shape index (κ3) is 2.59. The lowest BCUT2D eigenvalue weighted by Gasteiger charge is -2.40. The fourth-order valence-corrected chi connectivity index (χ4v) is 4.81. The number of nitrogens with zero attached hydrogens (tertiary/aromatic N) is 3. The van der Waals surface area contributed by atoms with Crippen LogP contribution in [0.3, 0.4) is 0 Å². The number of pyridine rings is 1. The van der Waals surface area contributed by atoms with Crippen LogP contribution < -0.4 is 5.32 Å². The van der Waals surface area contributed by atoms with Crippen molar-refractivity contribution in [3.05, 3.63) is 24.8 Å². The van der Waals surface area contributed by atoms with Gasteiger partial charge in [0, 0.05) is 29.6 Å². The third-order valence-corrected chi connectivity index (χ3v) is 6.04. The van der Waals surface area contributed by atoms with E-state index in [9.17, 15) is 18.0 Å². The number of aromatic amines is 1. The van der Waals surface area contributed by atoms with Gasteiger partial charge in [-0.1, -0.05) is 0 Å². The van der Waals surface area contributed by atoms with Gasteiger partial charge < -0.3 is 14.9 Å². The number of alkyl halides is 3. The van der Waals surface area contributed by atoms with Crippen molar-refractivity contribution in [2.45, 2.75) is 49.9 Å². The normalized spacial score (nSPS) is 27.2. The first-order valence-electron chi connectivity index (χ1n) is 9.00. The topological polar surface area (TPSA) is 75.6 Å². The molecule has 3 heterocycles. The van der Waals surface area contributed by atoms with Gasteiger partial charge in [0.1, 0.15) is 11.2 Å². The maximum absolute atomic E-state index is 12.3. The zero-order valence-corrected chi connectivity index (χ0v) is 14.4. The molecule has 3 aromatic heterocycles. The number of halogens is 3. The van der Waals surface area contributed by atoms with Crippen molar-refractivity contribution >= 4 is 28.0 Å². The molecular weight excluding hydrogens is 359 g/mol. The summed E-state index contributed by atoms with van der Waals surface area (Å²) >= 11 is 0. The van der Waals surface area contributed by atoms with E-state index in [1.54, 1.807) is 6.20 Å². The molecule has 0 spiro atoms. The van der Waals surface area contributed by atoms with Crippen LogP contribution >= 0.6 is 0 Å². The number of aromatic nitrogens is 4. The molecule has 1 unspecified atom stereocenters. The van der Waals surface area contributed by atoms with Crippen molar-refractivity contribution < 1.29 is 18.0 Å². The monoisotopic (exact) mass is 377 g/mol. The van der Waals surface area contributed by atoms with E-state index in [2.05, 4.69) is 24.8 Å². The smallest absolute Gasteiger partial charge is 0.353 e. The maximum atomic E-state index is 12.3. The van der Waals surface area contributed by atoms with Crippen LogP contribution in [-0.4, -0.2) is 37.6 Å². The molecule has 142 valence electrons. The minimum Gasteiger partial charge on any atom is -0.353 e. The maximum Gasteiger partial charge on any atom is 0.389 e. The molecule has 3 aromatic rings. The predicted molar refractivity (Wildman–Crippen MR) is 91.9 cm³/mol. The third-order valence-electron chi connectivity index (χ3n) is 6.04. The van der Waals surface area contributed by atoms with Crippen molar-refractivity contribution in [2.75, 3.05) is 0 Å². The van der Waals surface area contributed by atoms with Gasteiger partial charge in [-0.25, -0.2) is 9.97 Å². The lowest BCUT2D eigenvalue weighted by atomic mass is 9.76. The number of fused-ring (bicyclic) bond motifs is 4. The quantitative estimate of drug-likeness (QED) is 0.733. The second kappa shape index (κ2) is 5.46. The number of rotatable bonds is 4. The molecule has 6 nitrogen and oxygen atoms in total. The van der Waals surface area contributed by atoms with Crippen LogP contribution in [-0.2, 0) is 10.3 Å². The van der Waals surface area contributed by atoms with E-state index in [0.717, 1.165) is 41.3 Å². The Morgan fingerprint density at radius 1 is 1.33 bits per heavy atom. The highest BCUT2D eigenvalue weighted by Gasteiger charge is 2.58. The zero-order chi connectivity index (χ0) is 18.8. The molecule has 0 saturated heterocycles. The number of carbonyl (C=O) groups is 1. The molecule has 0 aliphatic heterocycles. The molecule has 6 rings (SSSR count). The van der Waals surface area contributed by atoms with E-state index < -0.39 is 24.9 Å². The van der Waals surface area contributed by atoms with E-state index in [4.69, 9.17) is 0 Å². The minimum absolute atomic E-state index is 0.0771. The van der Waals surface area contributed by atoms with Crippen LogP contribution in [0.25, 0.3) is 22.1 Å². The molecule has 0 radical (unpaired) electrons. The van der Waals surface area contributed by atoms with Crippen LogP contribution in [0.5, 0.6) is 0 Å². The highest BCUT2D eigenvalue weighted by Crippen LogP contribution is 2.58. The van der Waals surface area contributed by atoms with E-state index in [1.807, 2.05) is 18.6 Å². The molecule has 1 amide bonds. The van der Waals surface area contributed by atoms with Crippen LogP contribution in [0.4, 0.5) is 13.2 Å². The molecule has 9 heteroatoms. The van der Waals surface area contributed by atoms with E-state index in [0.29, 0.717) is 5.92 Å². The Hall–Kier alpha value is -2.58. The number of carbonyl (C=O) groups excluding carboxylic acids is 1. The van der Waals surface area contributed by atoms with Gasteiger partial charge in [-0.05, 0) is 31.2 Å². The van der Waals surface area contributed by atoms with Crippen molar-refractivity contribution in [3.63, 3.8) is 0 Å². The largest absolute Gasteiger partial charge is 0.389 e. The van der Waals surface area contributed by atoms with Gasteiger partial charge in [0.2, 0.25) is 5.91 Å². The lowest BCUT2D eigenvalue weighted by molar-refractivity contribution is -0.144. The molecule has 27 heavy (non-hydrogen) atoms. The average molecular weight is 377 g/mol. The first kappa shape index (κ1) is 16.6. The first-order chi connectivity index (χ1) is 12.8. The van der Waals surface area contributed by atoms with Gasteiger partial charge in [0.15, 0.2) is 0 Å². The van der Waals surface area contributed by atoms with E-state index >= 15 is 0 Å². The number of imidazole rings is 1. The molecular formula is C18H18F3N5O. The molecule has 3 saturated carbocycles. The summed E-state index contributed by atoms with van der Waals surface area (Å²) in [6.07, 6.45) is 2.03. The second-order valence-corrected chi connectivity index (χ2v) is 7.73. The number of amides is 1. The molecule has 2 N–H and O–H groups in total. The summed E-state index contributed by atoms with van der Waals surface area (Å²) in [7, 11) is 0. The number of hydrogen-bond donors (Lipinski definition) is 2. The second-order valence-electron chi connectivity index (χ2n) is 7.73. The summed E-state index contributed by atoms with van der Waals surface area (Å²) in [6.45, 7) is 0. The van der Waals surface area contributed by atoms with Gasteiger partial charge in [-0.15, -0.1) is 0 Å². The average Bonchev–Trinajstić information content (AvgIpc) is 3.30. The van der Waals surface area contributed by atoms with Gasteiger partial charge in [0.05, 0.1) is 24.5 Å². The van der Waals surface area contributed by atoms with E-state index in [-0.39, 0.29) is 11.6 Å². The molecule has 3 aliphatic carbocycles. The Morgan fingerprint density at radius 3 is 2.93 bits per heavy atom. The Balaban J connectivity index is 1.37. The Morgan fingerprint density at radius 2 is 2.15 bits per heavy atom. The van der Waals surface area contributed by atoms with Crippen molar-refractivity contribution in [3.8, 4) is 0 Å². The molecule has 1 atom stereocenters. The van der Waals surface area contributed by atoms with Gasteiger partial charge in [-0.2, -0.15) is 13.2 Å². The van der Waals surface area contributed by atoms with E-state index in [1.165, 1.54) is 0 Å². The lowest BCUT2D eigenvalue weighted by Crippen LogP contribution is -2.40. The Labute approximate surface area is 152 Å². The summed E-state index contributed by atoms with van der Waals surface area (Å²) in [5, 5.41) is 3.82.